The van der Waals surface area contributed by atoms with E-state index in [0.29, 0.717) is 38.5 Å². The first-order valence-electron chi connectivity index (χ1n) is 17.7. The molecular formula is C36H58O11. The van der Waals surface area contributed by atoms with E-state index in [1.165, 1.54) is 0 Å². The normalized spacial score (nSPS) is 57.5. The fourth-order valence-corrected chi connectivity index (χ4v) is 12.4. The van der Waals surface area contributed by atoms with E-state index >= 15 is 0 Å². The predicted molar refractivity (Wildman–Crippen MR) is 169 cm³/mol. The van der Waals surface area contributed by atoms with Crippen LogP contribution < -0.4 is 0 Å². The van der Waals surface area contributed by atoms with Crippen molar-refractivity contribution in [2.45, 2.75) is 141 Å². The summed E-state index contributed by atoms with van der Waals surface area (Å²) in [6, 6.07) is 0. The number of esters is 1. The maximum Gasteiger partial charge on any atom is 0.315 e. The van der Waals surface area contributed by atoms with Crippen molar-refractivity contribution in [3.63, 3.8) is 0 Å². The maximum absolute atomic E-state index is 14.5. The summed E-state index contributed by atoms with van der Waals surface area (Å²) in [4.78, 5) is 14.5. The topological polar surface area (TPSA) is 197 Å². The SMILES string of the molecule is C[C@@H]1CC[C@]2(C(=O)O[C@@H]3O[C@H](CO)[C@@H](O)[C@H](O)[C@H]3O)CC[C@]3(C)C(=CC[C@@H]4[C@@]5(C)C[C@@H](O)[C@@H](O)C(C)(CO)C5CC[C@]43C)[C@@H]2[C@]1(C)O. The van der Waals surface area contributed by atoms with Crippen LogP contribution >= 0.6 is 0 Å². The van der Waals surface area contributed by atoms with Crippen LogP contribution in [-0.2, 0) is 14.3 Å². The highest BCUT2D eigenvalue weighted by atomic mass is 16.7. The quantitative estimate of drug-likeness (QED) is 0.160. The molecule has 11 nitrogen and oxygen atoms in total. The van der Waals surface area contributed by atoms with Crippen molar-refractivity contribution in [3.8, 4) is 0 Å². The molecule has 0 amide bonds. The van der Waals surface area contributed by atoms with Gasteiger partial charge in [0.05, 0.1) is 36.4 Å². The second kappa shape index (κ2) is 11.4. The van der Waals surface area contributed by atoms with Crippen molar-refractivity contribution in [2.24, 2.45) is 50.7 Å². The van der Waals surface area contributed by atoms with Crippen molar-refractivity contribution in [1.29, 1.82) is 0 Å². The van der Waals surface area contributed by atoms with Gasteiger partial charge in [-0.1, -0.05) is 46.3 Å². The number of carbonyl (C=O) groups is 1. The molecule has 1 heterocycles. The van der Waals surface area contributed by atoms with E-state index in [4.69, 9.17) is 9.47 Å². The minimum absolute atomic E-state index is 0.00373. The average molecular weight is 667 g/mol. The maximum atomic E-state index is 14.5. The Balaban J connectivity index is 1.40. The second-order valence-corrected chi connectivity index (χ2v) is 17.5. The van der Waals surface area contributed by atoms with E-state index in [2.05, 4.69) is 26.8 Å². The van der Waals surface area contributed by atoms with Gasteiger partial charge < -0.3 is 50.3 Å². The highest BCUT2D eigenvalue weighted by Crippen LogP contribution is 2.76. The number of aliphatic hydroxyl groups is 8. The summed E-state index contributed by atoms with van der Waals surface area (Å²) < 4.78 is 11.4. The van der Waals surface area contributed by atoms with Crippen molar-refractivity contribution in [1.82, 2.24) is 0 Å². The minimum Gasteiger partial charge on any atom is -0.432 e. The number of fused-ring (bicyclic) bond motifs is 7. The van der Waals surface area contributed by atoms with Crippen LogP contribution in [0.15, 0.2) is 11.6 Å². The van der Waals surface area contributed by atoms with Gasteiger partial charge in [0.25, 0.3) is 0 Å². The lowest BCUT2D eigenvalue weighted by Gasteiger charge is -2.72. The summed E-state index contributed by atoms with van der Waals surface area (Å²) in [5, 5.41) is 86.2. The Bertz CT molecular complexity index is 1270. The lowest BCUT2D eigenvalue weighted by molar-refractivity contribution is -0.299. The molecule has 8 N–H and O–H groups in total. The molecule has 1 saturated heterocycles. The number of carbonyl (C=O) groups excluding carboxylic acids is 1. The predicted octanol–water partition coefficient (Wildman–Crippen LogP) is 1.41. The van der Waals surface area contributed by atoms with Crippen molar-refractivity contribution in [3.05, 3.63) is 11.6 Å². The molecule has 5 fully saturated rings. The van der Waals surface area contributed by atoms with Crippen LogP contribution in [0.4, 0.5) is 0 Å². The van der Waals surface area contributed by atoms with E-state index in [0.717, 1.165) is 18.4 Å². The fourth-order valence-electron chi connectivity index (χ4n) is 12.4. The van der Waals surface area contributed by atoms with E-state index < -0.39 is 83.3 Å². The molecule has 6 aliphatic rings. The van der Waals surface area contributed by atoms with Gasteiger partial charge in [0, 0.05) is 11.3 Å². The molecule has 0 aromatic heterocycles. The average Bonchev–Trinajstić information content (AvgIpc) is 3.02. The zero-order valence-corrected chi connectivity index (χ0v) is 28.8. The lowest BCUT2D eigenvalue weighted by Crippen LogP contribution is -2.69. The highest BCUT2D eigenvalue weighted by molar-refractivity contribution is 5.79. The van der Waals surface area contributed by atoms with E-state index in [1.807, 2.05) is 20.8 Å². The summed E-state index contributed by atoms with van der Waals surface area (Å²) in [6.45, 7) is 11.6. The third kappa shape index (κ3) is 4.60. The Hall–Kier alpha value is -1.15. The van der Waals surface area contributed by atoms with Gasteiger partial charge in [-0.25, -0.2) is 0 Å². The summed E-state index contributed by atoms with van der Waals surface area (Å²) in [6.07, 6.45) is -2.75. The van der Waals surface area contributed by atoms with Crippen LogP contribution in [-0.4, -0.2) is 109 Å². The summed E-state index contributed by atoms with van der Waals surface area (Å²) in [5.74, 6) is -1.23. The molecule has 4 saturated carbocycles. The molecule has 1 aliphatic heterocycles. The lowest BCUT2D eigenvalue weighted by atomic mass is 9.33. The summed E-state index contributed by atoms with van der Waals surface area (Å²) in [5.41, 5.74) is -3.27. The first kappa shape index (κ1) is 35.7. The summed E-state index contributed by atoms with van der Waals surface area (Å²) >= 11 is 0. The molecule has 17 atom stereocenters. The van der Waals surface area contributed by atoms with E-state index in [1.54, 1.807) is 0 Å². The number of aliphatic hydroxyl groups excluding tert-OH is 7. The second-order valence-electron chi connectivity index (χ2n) is 17.5. The van der Waals surface area contributed by atoms with Crippen LogP contribution in [0, 0.1) is 50.7 Å². The van der Waals surface area contributed by atoms with Gasteiger partial charge >= 0.3 is 5.97 Å². The third-order valence-corrected chi connectivity index (χ3v) is 15.6. The number of hydrogen-bond donors (Lipinski definition) is 8. The monoisotopic (exact) mass is 666 g/mol. The largest absolute Gasteiger partial charge is 0.432 e. The Labute approximate surface area is 278 Å². The van der Waals surface area contributed by atoms with Gasteiger partial charge in [-0.05, 0) is 92.3 Å². The molecular weight excluding hydrogens is 608 g/mol. The molecule has 47 heavy (non-hydrogen) atoms. The fraction of sp³-hybridized carbons (Fsp3) is 0.917. The van der Waals surface area contributed by atoms with Crippen molar-refractivity contribution in [2.75, 3.05) is 13.2 Å². The number of allylic oxidation sites excluding steroid dienone is 1. The standard InChI is InChI=1S/C36H58O11/c1-18-9-12-36(30(44)47-29-26(42)25(41)24(40)21(16-37)46-29)14-13-33(4)19(27(36)35(18,6)45)7-8-23-31(2)15-20(39)28(43)32(3,17-38)22(31)10-11-34(23,33)5/h7,18,20-29,37-43,45H,8-17H2,1-6H3/t18-,20-,21-,22?,23-,24-,25+,26-,27-,28-,29+,31+,32?,33-,34-,35-,36+/m1/s1. The number of rotatable bonds is 4. The highest BCUT2D eigenvalue weighted by Gasteiger charge is 2.72. The van der Waals surface area contributed by atoms with Crippen molar-refractivity contribution < 1.29 is 55.1 Å². The van der Waals surface area contributed by atoms with Gasteiger partial charge in [-0.2, -0.15) is 0 Å². The molecule has 0 aromatic rings. The Morgan fingerprint density at radius 1 is 0.915 bits per heavy atom. The molecule has 268 valence electrons. The van der Waals surface area contributed by atoms with Gasteiger partial charge in [0.2, 0.25) is 6.29 Å². The van der Waals surface area contributed by atoms with Crippen molar-refractivity contribution >= 4 is 5.97 Å². The van der Waals surface area contributed by atoms with E-state index in [-0.39, 0.29) is 35.2 Å². The summed E-state index contributed by atoms with van der Waals surface area (Å²) in [7, 11) is 0. The molecule has 2 unspecified atom stereocenters. The zero-order chi connectivity index (χ0) is 34.7. The Morgan fingerprint density at radius 2 is 1.60 bits per heavy atom. The van der Waals surface area contributed by atoms with Crippen LogP contribution in [0.5, 0.6) is 0 Å². The van der Waals surface area contributed by atoms with Crippen LogP contribution in [0.1, 0.15) is 92.9 Å². The zero-order valence-electron chi connectivity index (χ0n) is 28.8. The van der Waals surface area contributed by atoms with E-state index in [9.17, 15) is 45.6 Å². The molecule has 6 rings (SSSR count). The Kier molecular flexibility index (Phi) is 8.68. The van der Waals surface area contributed by atoms with Gasteiger partial charge in [0.1, 0.15) is 24.4 Å². The van der Waals surface area contributed by atoms with Gasteiger partial charge in [0.15, 0.2) is 0 Å². The molecule has 0 spiro atoms. The van der Waals surface area contributed by atoms with Crippen LogP contribution in [0.25, 0.3) is 0 Å². The first-order valence-corrected chi connectivity index (χ1v) is 17.7. The van der Waals surface area contributed by atoms with Crippen LogP contribution in [0.3, 0.4) is 0 Å². The minimum atomic E-state index is -1.72. The number of ether oxygens (including phenoxy) is 2. The molecule has 0 aromatic carbocycles. The number of hydrogen-bond acceptors (Lipinski definition) is 11. The smallest absolute Gasteiger partial charge is 0.315 e. The molecule has 0 bridgehead atoms. The first-order chi connectivity index (χ1) is 21.8. The molecule has 0 radical (unpaired) electrons. The van der Waals surface area contributed by atoms with Gasteiger partial charge in [-0.3, -0.25) is 4.79 Å². The molecule has 11 heteroatoms. The van der Waals surface area contributed by atoms with Crippen LogP contribution in [0.2, 0.25) is 0 Å². The van der Waals surface area contributed by atoms with Gasteiger partial charge in [-0.15, -0.1) is 0 Å². The Morgan fingerprint density at radius 3 is 2.23 bits per heavy atom. The molecule has 5 aliphatic carbocycles. The third-order valence-electron chi connectivity index (χ3n) is 15.6.